The van der Waals surface area contributed by atoms with Crippen LogP contribution in [0.15, 0.2) is 67.3 Å². The van der Waals surface area contributed by atoms with E-state index in [-0.39, 0.29) is 5.69 Å². The van der Waals surface area contributed by atoms with E-state index in [9.17, 15) is 18.0 Å². The molecule has 9 heteroatoms. The van der Waals surface area contributed by atoms with Crippen LogP contribution in [0.25, 0.3) is 22.5 Å². The third kappa shape index (κ3) is 3.59. The first-order valence-corrected chi connectivity index (χ1v) is 8.33. The Morgan fingerprint density at radius 3 is 2.64 bits per heavy atom. The van der Waals surface area contributed by atoms with Gasteiger partial charge in [0.25, 0.3) is 5.91 Å². The lowest BCUT2D eigenvalue weighted by Gasteiger charge is -2.07. The van der Waals surface area contributed by atoms with Crippen molar-refractivity contribution < 1.29 is 18.0 Å². The van der Waals surface area contributed by atoms with Crippen molar-refractivity contribution >= 4 is 11.4 Å². The summed E-state index contributed by atoms with van der Waals surface area (Å²) in [6, 6.07) is 12.8. The normalized spacial score (nSPS) is 11.7. The van der Waals surface area contributed by atoms with Gasteiger partial charge in [0.1, 0.15) is 12.4 Å². The number of aromatic nitrogens is 4. The van der Waals surface area contributed by atoms with Gasteiger partial charge in [-0.2, -0.15) is 18.3 Å². The lowest BCUT2D eigenvalue weighted by Crippen LogP contribution is -2.34. The molecule has 0 fully saturated rings. The van der Waals surface area contributed by atoms with Crippen LogP contribution in [0, 0.1) is 0 Å². The molecule has 4 heterocycles. The second-order valence-corrected chi connectivity index (χ2v) is 6.09. The summed E-state index contributed by atoms with van der Waals surface area (Å²) in [5, 5.41) is 5.92. The molecule has 4 aromatic rings. The van der Waals surface area contributed by atoms with E-state index in [1.165, 1.54) is 16.9 Å². The number of alkyl halides is 3. The van der Waals surface area contributed by atoms with Crippen LogP contribution in [0.1, 0.15) is 10.5 Å². The van der Waals surface area contributed by atoms with Crippen LogP contribution in [0.3, 0.4) is 0 Å². The van der Waals surface area contributed by atoms with Crippen LogP contribution in [-0.2, 0) is 0 Å². The molecule has 0 aliphatic rings. The quantitative estimate of drug-likeness (QED) is 0.585. The van der Waals surface area contributed by atoms with E-state index in [2.05, 4.69) is 10.1 Å². The molecule has 28 heavy (non-hydrogen) atoms. The van der Waals surface area contributed by atoms with Gasteiger partial charge in [-0.15, -0.1) is 0 Å². The molecule has 142 valence electrons. The number of hydrogen-bond acceptors (Lipinski definition) is 3. The highest BCUT2D eigenvalue weighted by Gasteiger charge is 2.28. The monoisotopic (exact) mass is 385 g/mol. The van der Waals surface area contributed by atoms with Crippen molar-refractivity contribution in [1.82, 2.24) is 24.5 Å². The van der Waals surface area contributed by atoms with Crippen molar-refractivity contribution in [3.63, 3.8) is 0 Å². The molecule has 1 N–H and O–H groups in total. The summed E-state index contributed by atoms with van der Waals surface area (Å²) in [6.07, 6.45) is 2.41. The van der Waals surface area contributed by atoms with E-state index >= 15 is 0 Å². The lowest BCUT2D eigenvalue weighted by molar-refractivity contribution is -0.123. The standard InChI is InChI=1S/C19H14F3N5O/c20-19(21,22)12-24-18(28)16-7-9-27(25-16)17-6-5-15-4-3-14(11-26(15)17)13-2-1-8-23-10-13/h1-11H,12H2,(H,24,28). The van der Waals surface area contributed by atoms with Gasteiger partial charge in [-0.1, -0.05) is 12.1 Å². The average Bonchev–Trinajstić information content (AvgIpc) is 3.32. The molecule has 4 aromatic heterocycles. The Kier molecular flexibility index (Phi) is 4.34. The number of rotatable bonds is 4. The number of amides is 1. The second kappa shape index (κ2) is 6.84. The Labute approximate surface area is 157 Å². The first-order valence-electron chi connectivity index (χ1n) is 8.33. The van der Waals surface area contributed by atoms with Crippen LogP contribution in [0.5, 0.6) is 0 Å². The van der Waals surface area contributed by atoms with Crippen LogP contribution in [0.4, 0.5) is 13.2 Å². The summed E-state index contributed by atoms with van der Waals surface area (Å²) in [6.45, 7) is -1.40. The predicted molar refractivity (Wildman–Crippen MR) is 96.1 cm³/mol. The Balaban J connectivity index is 1.65. The molecule has 6 nitrogen and oxygen atoms in total. The molecule has 0 aliphatic heterocycles. The molecule has 0 saturated heterocycles. The molecule has 0 spiro atoms. The van der Waals surface area contributed by atoms with Crippen molar-refractivity contribution in [2.45, 2.75) is 6.18 Å². The van der Waals surface area contributed by atoms with Crippen molar-refractivity contribution in [3.8, 4) is 16.9 Å². The van der Waals surface area contributed by atoms with Gasteiger partial charge < -0.3 is 9.72 Å². The fourth-order valence-corrected chi connectivity index (χ4v) is 2.82. The van der Waals surface area contributed by atoms with E-state index in [1.807, 2.05) is 52.3 Å². The van der Waals surface area contributed by atoms with E-state index in [1.54, 1.807) is 12.4 Å². The number of nitrogens with one attached hydrogen (secondary N) is 1. The summed E-state index contributed by atoms with van der Waals surface area (Å²) < 4.78 is 40.1. The van der Waals surface area contributed by atoms with Crippen LogP contribution in [-0.4, -0.2) is 37.8 Å². The largest absolute Gasteiger partial charge is 0.405 e. The molecule has 1 amide bonds. The number of carbonyl (C=O) groups excluding carboxylic acids is 1. The predicted octanol–water partition coefficient (Wildman–Crippen LogP) is 3.48. The maximum atomic E-state index is 12.3. The Morgan fingerprint density at radius 1 is 1.07 bits per heavy atom. The highest BCUT2D eigenvalue weighted by molar-refractivity contribution is 5.92. The number of carbonyl (C=O) groups is 1. The van der Waals surface area contributed by atoms with Gasteiger partial charge in [-0.05, 0) is 35.9 Å². The van der Waals surface area contributed by atoms with Crippen molar-refractivity contribution in [2.75, 3.05) is 6.54 Å². The summed E-state index contributed by atoms with van der Waals surface area (Å²) >= 11 is 0. The molecular weight excluding hydrogens is 371 g/mol. The number of pyridine rings is 2. The van der Waals surface area contributed by atoms with Gasteiger partial charge >= 0.3 is 6.18 Å². The van der Waals surface area contributed by atoms with Crippen LogP contribution < -0.4 is 5.32 Å². The SMILES string of the molecule is O=C(NCC(F)(F)F)c1ccn(-c2ccc3ccc(-c4cccnc4)cn23)n1. The van der Waals surface area contributed by atoms with E-state index < -0.39 is 18.6 Å². The van der Waals surface area contributed by atoms with E-state index in [0.717, 1.165) is 16.6 Å². The molecule has 0 bridgehead atoms. The topological polar surface area (TPSA) is 64.2 Å². The molecule has 0 unspecified atom stereocenters. The summed E-state index contributed by atoms with van der Waals surface area (Å²) in [5.41, 5.74) is 2.69. The summed E-state index contributed by atoms with van der Waals surface area (Å²) in [7, 11) is 0. The Morgan fingerprint density at radius 2 is 1.89 bits per heavy atom. The van der Waals surface area contributed by atoms with Crippen molar-refractivity contribution in [2.24, 2.45) is 0 Å². The molecule has 0 saturated carbocycles. The minimum atomic E-state index is -4.47. The smallest absolute Gasteiger partial charge is 0.342 e. The fourth-order valence-electron chi connectivity index (χ4n) is 2.82. The molecule has 0 atom stereocenters. The molecule has 0 aromatic carbocycles. The maximum absolute atomic E-state index is 12.3. The Hall–Kier alpha value is -3.62. The second-order valence-electron chi connectivity index (χ2n) is 6.09. The zero-order chi connectivity index (χ0) is 19.7. The first kappa shape index (κ1) is 17.8. The van der Waals surface area contributed by atoms with Gasteiger partial charge in [0.15, 0.2) is 5.69 Å². The highest BCUT2D eigenvalue weighted by atomic mass is 19.4. The van der Waals surface area contributed by atoms with Gasteiger partial charge in [0, 0.05) is 35.9 Å². The van der Waals surface area contributed by atoms with E-state index in [4.69, 9.17) is 0 Å². The average molecular weight is 385 g/mol. The zero-order valence-corrected chi connectivity index (χ0v) is 14.4. The van der Waals surface area contributed by atoms with Gasteiger partial charge in [-0.3, -0.25) is 9.78 Å². The maximum Gasteiger partial charge on any atom is 0.405 e. The minimum Gasteiger partial charge on any atom is -0.342 e. The molecular formula is C19H14F3N5O. The molecule has 0 radical (unpaired) electrons. The number of nitrogens with zero attached hydrogens (tertiary/aromatic N) is 4. The van der Waals surface area contributed by atoms with Crippen molar-refractivity contribution in [1.29, 1.82) is 0 Å². The molecule has 0 aliphatic carbocycles. The van der Waals surface area contributed by atoms with Crippen LogP contribution in [0.2, 0.25) is 0 Å². The Bertz CT molecular complexity index is 1130. The summed E-state index contributed by atoms with van der Waals surface area (Å²) in [5.74, 6) is -0.233. The third-order valence-corrected chi connectivity index (χ3v) is 4.13. The van der Waals surface area contributed by atoms with Crippen molar-refractivity contribution in [3.05, 3.63) is 72.9 Å². The number of halogens is 3. The highest BCUT2D eigenvalue weighted by Crippen LogP contribution is 2.22. The van der Waals surface area contributed by atoms with Gasteiger partial charge in [0.05, 0.1) is 0 Å². The lowest BCUT2D eigenvalue weighted by atomic mass is 10.1. The third-order valence-electron chi connectivity index (χ3n) is 4.13. The molecule has 4 rings (SSSR count). The van der Waals surface area contributed by atoms with Crippen LogP contribution >= 0.6 is 0 Å². The number of hydrogen-bond donors (Lipinski definition) is 1. The fraction of sp³-hybridized carbons (Fsp3) is 0.105. The minimum absolute atomic E-state index is 0.0948. The zero-order valence-electron chi connectivity index (χ0n) is 14.4. The van der Waals surface area contributed by atoms with Gasteiger partial charge in [0.2, 0.25) is 0 Å². The number of fused-ring (bicyclic) bond motifs is 1. The summed E-state index contributed by atoms with van der Waals surface area (Å²) in [4.78, 5) is 16.0. The first-order chi connectivity index (χ1) is 13.4. The van der Waals surface area contributed by atoms with E-state index in [0.29, 0.717) is 5.82 Å². The van der Waals surface area contributed by atoms with Gasteiger partial charge in [-0.25, -0.2) is 4.68 Å².